The predicted molar refractivity (Wildman–Crippen MR) is 317 cm³/mol. The lowest BCUT2D eigenvalue weighted by molar-refractivity contribution is 0.843. The molecule has 0 atom stereocenters. The molecule has 15 heteroatoms. The molecule has 0 saturated heterocycles. The van der Waals surface area contributed by atoms with E-state index < -0.39 is 0 Å². The van der Waals surface area contributed by atoms with E-state index in [9.17, 15) is 0 Å². The van der Waals surface area contributed by atoms with Gasteiger partial charge in [-0.1, -0.05) is 180 Å². The molecular weight excluding hydrogens is 1020 g/mol. The van der Waals surface area contributed by atoms with Crippen molar-refractivity contribution < 1.29 is 0 Å². The fraction of sp³-hybridized carbons (Fsp3) is 0. The molecule has 0 unspecified atom stereocenters. The van der Waals surface area contributed by atoms with Gasteiger partial charge in [0.05, 0.1) is 79.8 Å². The first-order chi connectivity index (χ1) is 38.6. The van der Waals surface area contributed by atoms with E-state index >= 15 is 0 Å². The zero-order valence-electron chi connectivity index (χ0n) is 40.9. The first kappa shape index (κ1) is 44.4. The molecule has 9 aromatic carbocycles. The summed E-state index contributed by atoms with van der Waals surface area (Å²) in [7, 11) is 0. The Hall–Kier alpha value is -9.93. The van der Waals surface area contributed by atoms with Crippen LogP contribution in [-0.4, -0.2) is 43.6 Å². The number of thiazole rings is 3. The van der Waals surface area contributed by atoms with Gasteiger partial charge in [0.15, 0.2) is 0 Å². The lowest BCUT2D eigenvalue weighted by Gasteiger charge is -2.20. The van der Waals surface area contributed by atoms with Crippen LogP contribution >= 0.6 is 34.0 Å². The Kier molecular flexibility index (Phi) is 10.2. The van der Waals surface area contributed by atoms with Gasteiger partial charge >= 0.3 is 0 Å². The second-order valence-corrected chi connectivity index (χ2v) is 21.6. The van der Waals surface area contributed by atoms with Crippen LogP contribution in [0.2, 0.25) is 0 Å². The molecule has 16 rings (SSSR count). The van der Waals surface area contributed by atoms with E-state index in [0.717, 1.165) is 112 Å². The molecule has 0 fully saturated rings. The van der Waals surface area contributed by atoms with Crippen LogP contribution in [0.5, 0.6) is 0 Å². The highest BCUT2D eigenvalue weighted by Gasteiger charge is 2.23. The van der Waals surface area contributed by atoms with E-state index in [1.165, 1.54) is 0 Å². The number of nitrogens with zero attached hydrogens (tertiary/aromatic N) is 12. The predicted octanol–water partition coefficient (Wildman–Crippen LogP) is 14.7. The standard InChI is InChI=1S/C63H36N12S3/c1-10-28-46-37(19-1)55(67-61-64-43-25-7-16-34-52(43)76-61)38-20-2-11-29-47(38)73(46)58-70-59(74-48-30-12-3-21-39(48)56(40-22-4-13-31-49(40)74)68-62-65-44-26-8-17-35-53(44)77-62)72-60(71-58)75-50-32-14-5-23-41(50)57(42-24-6-15-33-51(42)75)69-63-66-45-27-9-18-36-54(45)78-63/h1-36H. The van der Waals surface area contributed by atoms with Gasteiger partial charge in [0.2, 0.25) is 33.2 Å². The molecule has 0 aliphatic rings. The molecule has 78 heavy (non-hydrogen) atoms. The summed E-state index contributed by atoms with van der Waals surface area (Å²) < 4.78 is 9.65. The van der Waals surface area contributed by atoms with Crippen LogP contribution in [0.4, 0.5) is 15.4 Å². The quantitative estimate of drug-likeness (QED) is 0.153. The monoisotopic (exact) mass is 1060 g/mol. The number of benzene rings is 9. The molecule has 0 N–H and O–H groups in total. The van der Waals surface area contributed by atoms with E-state index in [0.29, 0.717) is 33.2 Å². The lowest BCUT2D eigenvalue weighted by Crippen LogP contribution is -2.20. The van der Waals surface area contributed by atoms with Crippen molar-refractivity contribution in [1.82, 2.24) is 43.6 Å². The Labute approximate surface area is 453 Å². The molecule has 7 aromatic heterocycles. The van der Waals surface area contributed by atoms with Crippen molar-refractivity contribution in [2.75, 3.05) is 0 Å². The van der Waals surface area contributed by atoms with Crippen LogP contribution in [0.15, 0.2) is 233 Å². The Balaban J connectivity index is 1.03. The number of para-hydroxylation sites is 9. The van der Waals surface area contributed by atoms with Crippen LogP contribution in [0.25, 0.3) is 114 Å². The zero-order chi connectivity index (χ0) is 51.3. The van der Waals surface area contributed by atoms with Crippen molar-refractivity contribution in [3.05, 3.63) is 234 Å². The van der Waals surface area contributed by atoms with Crippen LogP contribution in [-0.2, 0) is 0 Å². The molecule has 7 heterocycles. The first-order valence-corrected chi connectivity index (χ1v) is 27.7. The number of aromatic nitrogens is 9. The minimum atomic E-state index is 0.404. The number of fused-ring (bicyclic) bond motifs is 9. The fourth-order valence-corrected chi connectivity index (χ4v) is 13.2. The normalized spacial score (nSPS) is 11.8. The van der Waals surface area contributed by atoms with Gasteiger partial charge in [0.1, 0.15) is 0 Å². The summed E-state index contributed by atoms with van der Waals surface area (Å²) in [4.78, 5) is 47.8. The topological polar surface area (TPSA) is 129 Å². The molecule has 12 nitrogen and oxygen atoms in total. The highest BCUT2D eigenvalue weighted by Crippen LogP contribution is 2.34. The molecule has 0 radical (unpaired) electrons. The summed E-state index contributed by atoms with van der Waals surface area (Å²) in [6.07, 6.45) is 0. The fourth-order valence-electron chi connectivity index (χ4n) is 10.7. The average molecular weight is 1060 g/mol. The SMILES string of the molecule is c1ccc2sc(N=c3c4ccccc4n(-c4nc(-n5c6ccccc6c(=Nc6nc7ccccc7s6)c6ccccc65)nc(-n5c6ccccc6c(=Nc6nc7ccccc7s6)c6ccccc65)n4)c4ccccc34)nc2c1. The van der Waals surface area contributed by atoms with E-state index in [1.807, 2.05) is 127 Å². The Morgan fingerprint density at radius 2 is 0.462 bits per heavy atom. The largest absolute Gasteiger partial charge is 0.278 e. The molecular formula is C63H36N12S3. The van der Waals surface area contributed by atoms with Crippen LogP contribution in [0, 0.1) is 0 Å². The number of hydrogen-bond acceptors (Lipinski definition) is 12. The highest BCUT2D eigenvalue weighted by molar-refractivity contribution is 7.22. The summed E-state index contributed by atoms with van der Waals surface area (Å²) in [6.45, 7) is 0. The minimum absolute atomic E-state index is 0.404. The van der Waals surface area contributed by atoms with Crippen LogP contribution in [0.1, 0.15) is 0 Å². The van der Waals surface area contributed by atoms with E-state index in [-0.39, 0.29) is 0 Å². The van der Waals surface area contributed by atoms with Crippen LogP contribution < -0.4 is 16.1 Å². The maximum absolute atomic E-state index is 5.62. The highest BCUT2D eigenvalue weighted by atomic mass is 32.1. The summed E-state index contributed by atoms with van der Waals surface area (Å²) >= 11 is 4.72. The summed E-state index contributed by atoms with van der Waals surface area (Å²) in [6, 6.07) is 74.3. The van der Waals surface area contributed by atoms with Gasteiger partial charge < -0.3 is 0 Å². The van der Waals surface area contributed by atoms with Gasteiger partial charge in [0.25, 0.3) is 0 Å². The van der Waals surface area contributed by atoms with E-state index in [1.54, 1.807) is 34.0 Å². The number of pyridine rings is 3. The lowest BCUT2D eigenvalue weighted by atomic mass is 10.1. The van der Waals surface area contributed by atoms with Gasteiger partial charge in [-0.05, 0) is 72.8 Å². The van der Waals surface area contributed by atoms with Crippen molar-refractivity contribution in [2.24, 2.45) is 15.0 Å². The van der Waals surface area contributed by atoms with Crippen molar-refractivity contribution in [3.8, 4) is 17.8 Å². The molecule has 0 amide bonds. The molecule has 16 aromatic rings. The van der Waals surface area contributed by atoms with Crippen molar-refractivity contribution in [2.45, 2.75) is 0 Å². The third-order valence-electron chi connectivity index (χ3n) is 14.1. The van der Waals surface area contributed by atoms with Crippen molar-refractivity contribution >= 4 is 145 Å². The Morgan fingerprint density at radius 1 is 0.244 bits per heavy atom. The Morgan fingerprint density at radius 3 is 0.705 bits per heavy atom. The van der Waals surface area contributed by atoms with E-state index in [4.69, 9.17) is 44.9 Å². The van der Waals surface area contributed by atoms with Gasteiger partial charge in [-0.25, -0.2) is 29.9 Å². The van der Waals surface area contributed by atoms with Gasteiger partial charge in [-0.15, -0.1) is 0 Å². The number of hydrogen-bond donors (Lipinski definition) is 0. The van der Waals surface area contributed by atoms with Crippen LogP contribution in [0.3, 0.4) is 0 Å². The molecule has 0 aliphatic carbocycles. The second-order valence-electron chi connectivity index (χ2n) is 18.6. The van der Waals surface area contributed by atoms with Crippen molar-refractivity contribution in [1.29, 1.82) is 0 Å². The molecule has 366 valence electrons. The molecule has 0 spiro atoms. The smallest absolute Gasteiger partial charge is 0.241 e. The third-order valence-corrected chi connectivity index (χ3v) is 16.9. The maximum atomic E-state index is 5.62. The molecule has 0 saturated carbocycles. The summed E-state index contributed by atoms with van der Waals surface area (Å²) in [5.41, 5.74) is 7.88. The third kappa shape index (κ3) is 7.20. The average Bonchev–Trinajstić information content (AvgIpc) is 4.37. The van der Waals surface area contributed by atoms with Gasteiger partial charge in [-0.2, -0.15) is 15.0 Å². The molecule has 0 bridgehead atoms. The second kappa shape index (κ2) is 17.9. The summed E-state index contributed by atoms with van der Waals surface area (Å²) in [5.74, 6) is 1.21. The van der Waals surface area contributed by atoms with Crippen molar-refractivity contribution in [3.63, 3.8) is 0 Å². The Bertz CT molecular complexity index is 4570. The zero-order valence-corrected chi connectivity index (χ0v) is 43.3. The minimum Gasteiger partial charge on any atom is -0.278 e. The van der Waals surface area contributed by atoms with Gasteiger partial charge in [0, 0.05) is 32.3 Å². The summed E-state index contributed by atoms with van der Waals surface area (Å²) in [5, 5.41) is 9.92. The molecule has 0 aliphatic heterocycles. The first-order valence-electron chi connectivity index (χ1n) is 25.2. The number of rotatable bonds is 6. The van der Waals surface area contributed by atoms with Gasteiger partial charge in [-0.3, -0.25) is 13.7 Å². The van der Waals surface area contributed by atoms with E-state index in [2.05, 4.69) is 105 Å². The maximum Gasteiger partial charge on any atom is 0.241 e.